The van der Waals surface area contributed by atoms with Crippen molar-refractivity contribution in [3.63, 3.8) is 0 Å². The van der Waals surface area contributed by atoms with Gasteiger partial charge in [-0.2, -0.15) is 8.78 Å². The fraction of sp³-hybridized carbons (Fsp3) is 0.333. The molecule has 0 atom stereocenters. The first-order chi connectivity index (χ1) is 16.5. The third-order valence-corrected chi connectivity index (χ3v) is 5.93. The summed E-state index contributed by atoms with van der Waals surface area (Å²) in [4.78, 5) is 0. The van der Waals surface area contributed by atoms with E-state index >= 15 is 0 Å². The third kappa shape index (κ3) is 4.95. The van der Waals surface area contributed by atoms with Crippen LogP contribution >= 0.6 is 0 Å². The second-order valence-corrected chi connectivity index (χ2v) is 8.41. The monoisotopic (exact) mass is 468 g/mol. The lowest BCUT2D eigenvalue weighted by Crippen LogP contribution is -2.22. The Bertz CT molecular complexity index is 1270. The van der Waals surface area contributed by atoms with Crippen LogP contribution in [0.5, 0.6) is 0 Å². The van der Waals surface area contributed by atoms with E-state index in [1.54, 1.807) is 16.9 Å². The lowest BCUT2D eigenvalue weighted by atomic mass is 9.95. The predicted molar refractivity (Wildman–Crippen MR) is 120 cm³/mol. The molecule has 2 heterocycles. The van der Waals surface area contributed by atoms with Gasteiger partial charge in [0.1, 0.15) is 11.5 Å². The summed E-state index contributed by atoms with van der Waals surface area (Å²) in [5, 5.41) is 18.8. The van der Waals surface area contributed by atoms with Crippen LogP contribution in [0.2, 0.25) is 0 Å². The van der Waals surface area contributed by atoms with Gasteiger partial charge in [0, 0.05) is 28.4 Å². The third-order valence-electron chi connectivity index (χ3n) is 5.93. The molecule has 1 saturated carbocycles. The van der Waals surface area contributed by atoms with Crippen molar-refractivity contribution in [3.8, 4) is 22.7 Å². The van der Waals surface area contributed by atoms with Crippen LogP contribution in [-0.2, 0) is 6.54 Å². The van der Waals surface area contributed by atoms with Crippen molar-refractivity contribution in [2.45, 2.75) is 51.1 Å². The van der Waals surface area contributed by atoms with E-state index in [2.05, 4.69) is 31.9 Å². The Hall–Kier alpha value is -3.69. The molecule has 176 valence electrons. The van der Waals surface area contributed by atoms with Gasteiger partial charge in [-0.25, -0.2) is 9.07 Å². The van der Waals surface area contributed by atoms with E-state index in [9.17, 15) is 13.2 Å². The highest BCUT2D eigenvalue weighted by molar-refractivity contribution is 5.64. The van der Waals surface area contributed by atoms with Gasteiger partial charge in [-0.05, 0) is 37.1 Å². The number of alkyl halides is 2. The van der Waals surface area contributed by atoms with Crippen LogP contribution in [-0.4, -0.2) is 31.2 Å². The number of halogens is 3. The molecule has 1 aliphatic rings. The van der Waals surface area contributed by atoms with Gasteiger partial charge in [0.15, 0.2) is 0 Å². The highest BCUT2D eigenvalue weighted by Crippen LogP contribution is 2.27. The standard InChI is InChI=1S/C24H23F3N6O/c25-20-12-16(23-30-31-24(34-23)22(26)27)9-10-17(20)13-33-14-21(29-32-33)15-5-4-8-19(11-15)28-18-6-2-1-3-7-18/h4-5,8-12,14,18,22,28H,1-3,6-7,13H2. The maximum absolute atomic E-state index is 14.7. The number of anilines is 1. The Morgan fingerprint density at radius 3 is 2.62 bits per heavy atom. The first-order valence-corrected chi connectivity index (χ1v) is 11.2. The Morgan fingerprint density at radius 2 is 1.85 bits per heavy atom. The number of nitrogens with zero attached hydrogens (tertiary/aromatic N) is 5. The molecule has 10 heteroatoms. The molecule has 1 fully saturated rings. The highest BCUT2D eigenvalue weighted by Gasteiger charge is 2.18. The van der Waals surface area contributed by atoms with Crippen LogP contribution in [0.25, 0.3) is 22.7 Å². The summed E-state index contributed by atoms with van der Waals surface area (Å²) in [6, 6.07) is 12.8. The zero-order valence-corrected chi connectivity index (χ0v) is 18.3. The molecule has 2 aromatic carbocycles. The Kier molecular flexibility index (Phi) is 6.29. The fourth-order valence-corrected chi connectivity index (χ4v) is 4.18. The quantitative estimate of drug-likeness (QED) is 0.366. The van der Waals surface area contributed by atoms with Gasteiger partial charge in [0.25, 0.3) is 5.89 Å². The number of hydrogen-bond acceptors (Lipinski definition) is 6. The molecule has 0 radical (unpaired) electrons. The summed E-state index contributed by atoms with van der Waals surface area (Å²) in [5.74, 6) is -1.50. The molecule has 0 saturated heterocycles. The molecule has 0 amide bonds. The van der Waals surface area contributed by atoms with Gasteiger partial charge in [-0.3, -0.25) is 0 Å². The number of nitrogens with one attached hydrogen (secondary N) is 1. The SMILES string of the molecule is Fc1cc(-c2nnc(C(F)F)o2)ccc1Cn1cc(-c2cccc(NC3CCCCC3)c2)nn1. The number of rotatable bonds is 7. The van der Waals surface area contributed by atoms with Crippen molar-refractivity contribution in [1.82, 2.24) is 25.2 Å². The molecule has 0 spiro atoms. The molecule has 1 aliphatic carbocycles. The fourth-order valence-electron chi connectivity index (χ4n) is 4.18. The van der Waals surface area contributed by atoms with Crippen molar-refractivity contribution in [2.24, 2.45) is 0 Å². The summed E-state index contributed by atoms with van der Waals surface area (Å²) in [6.07, 6.45) is 5.08. The first-order valence-electron chi connectivity index (χ1n) is 11.2. The van der Waals surface area contributed by atoms with E-state index < -0.39 is 18.1 Å². The summed E-state index contributed by atoms with van der Waals surface area (Å²) in [5.41, 5.74) is 3.25. The van der Waals surface area contributed by atoms with Crippen molar-refractivity contribution < 1.29 is 17.6 Å². The zero-order chi connectivity index (χ0) is 23.5. The van der Waals surface area contributed by atoms with Crippen LogP contribution in [0.4, 0.5) is 18.9 Å². The summed E-state index contributed by atoms with van der Waals surface area (Å²) >= 11 is 0. The molecule has 7 nitrogen and oxygen atoms in total. The largest absolute Gasteiger partial charge is 0.415 e. The van der Waals surface area contributed by atoms with Crippen molar-refractivity contribution >= 4 is 5.69 Å². The average Bonchev–Trinajstić information content (AvgIpc) is 3.52. The van der Waals surface area contributed by atoms with Gasteiger partial charge in [-0.1, -0.05) is 42.7 Å². The highest BCUT2D eigenvalue weighted by atomic mass is 19.3. The van der Waals surface area contributed by atoms with E-state index in [1.165, 1.54) is 44.2 Å². The molecule has 0 unspecified atom stereocenters. The van der Waals surface area contributed by atoms with Gasteiger partial charge in [-0.15, -0.1) is 15.3 Å². The predicted octanol–water partition coefficient (Wildman–Crippen LogP) is 5.86. The lowest BCUT2D eigenvalue weighted by molar-refractivity contribution is 0.116. The van der Waals surface area contributed by atoms with Crippen LogP contribution in [0.3, 0.4) is 0 Å². The van der Waals surface area contributed by atoms with Crippen molar-refractivity contribution in [3.05, 3.63) is 65.9 Å². The minimum absolute atomic E-state index is 0.158. The summed E-state index contributed by atoms with van der Waals surface area (Å²) in [6.45, 7) is 0.158. The van der Waals surface area contributed by atoms with Gasteiger partial charge >= 0.3 is 6.43 Å². The molecular formula is C24H23F3N6O. The molecule has 0 aliphatic heterocycles. The van der Waals surface area contributed by atoms with Crippen LogP contribution in [0, 0.1) is 5.82 Å². The summed E-state index contributed by atoms with van der Waals surface area (Å²) < 4.78 is 46.4. The Morgan fingerprint density at radius 1 is 1.00 bits per heavy atom. The first kappa shape index (κ1) is 22.1. The maximum atomic E-state index is 14.7. The summed E-state index contributed by atoms with van der Waals surface area (Å²) in [7, 11) is 0. The van der Waals surface area contributed by atoms with Crippen molar-refractivity contribution in [1.29, 1.82) is 0 Å². The topological polar surface area (TPSA) is 81.7 Å². The van der Waals surface area contributed by atoms with Gasteiger partial charge in [0.2, 0.25) is 5.89 Å². The van der Waals surface area contributed by atoms with E-state index in [0.717, 1.165) is 11.3 Å². The minimum Gasteiger partial charge on any atom is -0.415 e. The molecule has 4 aromatic rings. The van der Waals surface area contributed by atoms with Crippen LogP contribution < -0.4 is 5.32 Å². The second-order valence-electron chi connectivity index (χ2n) is 8.41. The molecule has 5 rings (SSSR count). The smallest absolute Gasteiger partial charge is 0.314 e. The van der Waals surface area contributed by atoms with E-state index in [0.29, 0.717) is 17.3 Å². The normalized spacial score (nSPS) is 14.6. The number of aromatic nitrogens is 5. The maximum Gasteiger partial charge on any atom is 0.314 e. The van der Waals surface area contributed by atoms with Gasteiger partial charge in [0.05, 0.1) is 12.7 Å². The molecule has 2 aromatic heterocycles. The minimum atomic E-state index is -2.88. The lowest BCUT2D eigenvalue weighted by Gasteiger charge is -2.24. The molecule has 1 N–H and O–H groups in total. The zero-order valence-electron chi connectivity index (χ0n) is 18.3. The number of benzene rings is 2. The Labute approximate surface area is 194 Å². The van der Waals surface area contributed by atoms with Crippen molar-refractivity contribution in [2.75, 3.05) is 5.32 Å². The van der Waals surface area contributed by atoms with Crippen LogP contribution in [0.15, 0.2) is 53.1 Å². The average molecular weight is 468 g/mol. The Balaban J connectivity index is 1.28. The van der Waals surface area contributed by atoms with Gasteiger partial charge < -0.3 is 9.73 Å². The molecule has 0 bridgehead atoms. The van der Waals surface area contributed by atoms with Crippen LogP contribution in [0.1, 0.15) is 50.0 Å². The number of hydrogen-bond donors (Lipinski definition) is 1. The molecule has 34 heavy (non-hydrogen) atoms. The van der Waals surface area contributed by atoms with E-state index in [-0.39, 0.29) is 18.0 Å². The van der Waals surface area contributed by atoms with E-state index in [1.807, 2.05) is 18.2 Å². The molecular weight excluding hydrogens is 445 g/mol. The second kappa shape index (κ2) is 9.66. The van der Waals surface area contributed by atoms with E-state index in [4.69, 9.17) is 4.42 Å².